The molecule has 1 unspecified atom stereocenters. The third-order valence-corrected chi connectivity index (χ3v) is 5.97. The van der Waals surface area contributed by atoms with Crippen molar-refractivity contribution in [3.05, 3.63) is 40.9 Å². The highest BCUT2D eigenvalue weighted by molar-refractivity contribution is 7.14. The number of rotatable bonds is 3. The molecule has 1 atom stereocenters. The molecule has 1 aromatic heterocycles. The molecule has 2 amide bonds. The summed E-state index contributed by atoms with van der Waals surface area (Å²) < 4.78 is 6.09. The van der Waals surface area contributed by atoms with Crippen LogP contribution in [-0.4, -0.2) is 46.7 Å². The second-order valence-corrected chi connectivity index (χ2v) is 7.99. The van der Waals surface area contributed by atoms with E-state index in [9.17, 15) is 14.4 Å². The van der Waals surface area contributed by atoms with Crippen LogP contribution in [0.1, 0.15) is 47.0 Å². The molecule has 3 heterocycles. The molecule has 2 aromatic rings. The van der Waals surface area contributed by atoms with Crippen LogP contribution in [0.2, 0.25) is 0 Å². The SMILES string of the molecule is CC(=O)Nc1nc(C(=O)N2CCC(C3CC(=O)c4ccccc4O3)CC2)cs1. The maximum Gasteiger partial charge on any atom is 0.273 e. The highest BCUT2D eigenvalue weighted by Crippen LogP contribution is 2.34. The molecular formula is C20H21N3O4S. The van der Waals surface area contributed by atoms with Gasteiger partial charge in [0.25, 0.3) is 5.91 Å². The summed E-state index contributed by atoms with van der Waals surface area (Å²) in [7, 11) is 0. The lowest BCUT2D eigenvalue weighted by Crippen LogP contribution is -2.44. The second-order valence-electron chi connectivity index (χ2n) is 7.13. The van der Waals surface area contributed by atoms with Gasteiger partial charge in [0, 0.05) is 31.8 Å². The fourth-order valence-corrected chi connectivity index (χ4v) is 4.51. The monoisotopic (exact) mass is 399 g/mol. The first-order chi connectivity index (χ1) is 13.5. The summed E-state index contributed by atoms with van der Waals surface area (Å²) in [6.45, 7) is 2.61. The number of aromatic nitrogens is 1. The molecule has 0 radical (unpaired) electrons. The molecule has 146 valence electrons. The van der Waals surface area contributed by atoms with Gasteiger partial charge in [-0.3, -0.25) is 14.4 Å². The molecule has 1 aromatic carbocycles. The number of hydrogen-bond donors (Lipinski definition) is 1. The summed E-state index contributed by atoms with van der Waals surface area (Å²) in [5.41, 5.74) is 1.01. The van der Waals surface area contributed by atoms with Crippen LogP contribution in [0.15, 0.2) is 29.6 Å². The lowest BCUT2D eigenvalue weighted by Gasteiger charge is -2.37. The number of Topliss-reactive ketones (excluding diaryl/α,β-unsaturated/α-hetero) is 1. The molecular weight excluding hydrogens is 378 g/mol. The number of ether oxygens (including phenoxy) is 1. The number of nitrogens with one attached hydrogen (secondary N) is 1. The molecule has 2 aliphatic rings. The van der Waals surface area contributed by atoms with Crippen molar-refractivity contribution < 1.29 is 19.1 Å². The topological polar surface area (TPSA) is 88.6 Å². The van der Waals surface area contributed by atoms with Gasteiger partial charge in [0.2, 0.25) is 5.91 Å². The number of piperidine rings is 1. The van der Waals surface area contributed by atoms with Crippen molar-refractivity contribution in [1.29, 1.82) is 0 Å². The number of carbonyl (C=O) groups excluding carboxylic acids is 3. The molecule has 1 fully saturated rings. The van der Waals surface area contributed by atoms with Crippen molar-refractivity contribution in [2.24, 2.45) is 5.92 Å². The normalized spacial score (nSPS) is 19.7. The number of nitrogens with zero attached hydrogens (tertiary/aromatic N) is 2. The van der Waals surface area contributed by atoms with Crippen LogP contribution in [-0.2, 0) is 4.79 Å². The Hall–Kier alpha value is -2.74. The number of carbonyl (C=O) groups is 3. The number of fused-ring (bicyclic) bond motifs is 1. The second kappa shape index (κ2) is 7.71. The van der Waals surface area contributed by atoms with Crippen LogP contribution < -0.4 is 10.1 Å². The predicted molar refractivity (Wildman–Crippen MR) is 105 cm³/mol. The van der Waals surface area contributed by atoms with Gasteiger partial charge in [-0.15, -0.1) is 11.3 Å². The fraction of sp³-hybridized carbons (Fsp3) is 0.400. The number of anilines is 1. The van der Waals surface area contributed by atoms with Gasteiger partial charge in [-0.05, 0) is 30.9 Å². The third kappa shape index (κ3) is 3.77. The maximum absolute atomic E-state index is 12.7. The number of ketones is 1. The standard InChI is InChI=1S/C20H21N3O4S/c1-12(24)21-20-22-15(11-28-20)19(26)23-8-6-13(7-9-23)18-10-16(25)14-4-2-3-5-17(14)27-18/h2-5,11,13,18H,6-10H2,1H3,(H,21,22,24). The van der Waals surface area contributed by atoms with E-state index in [-0.39, 0.29) is 29.6 Å². The van der Waals surface area contributed by atoms with Gasteiger partial charge in [-0.25, -0.2) is 4.98 Å². The largest absolute Gasteiger partial charge is 0.489 e. The quantitative estimate of drug-likeness (QED) is 0.857. The summed E-state index contributed by atoms with van der Waals surface area (Å²) in [5.74, 6) is 0.690. The molecule has 2 aliphatic heterocycles. The molecule has 0 aliphatic carbocycles. The first kappa shape index (κ1) is 18.6. The van der Waals surface area contributed by atoms with Gasteiger partial charge < -0.3 is 15.0 Å². The van der Waals surface area contributed by atoms with Crippen molar-refractivity contribution in [1.82, 2.24) is 9.88 Å². The molecule has 28 heavy (non-hydrogen) atoms. The van der Waals surface area contributed by atoms with Crippen molar-refractivity contribution in [3.63, 3.8) is 0 Å². The van der Waals surface area contributed by atoms with Crippen molar-refractivity contribution in [3.8, 4) is 5.75 Å². The minimum atomic E-state index is -0.210. The maximum atomic E-state index is 12.7. The van der Waals surface area contributed by atoms with E-state index in [0.717, 1.165) is 12.8 Å². The molecule has 1 saturated heterocycles. The van der Waals surface area contributed by atoms with Gasteiger partial charge in [0.15, 0.2) is 10.9 Å². The van der Waals surface area contributed by atoms with Gasteiger partial charge >= 0.3 is 0 Å². The summed E-state index contributed by atoms with van der Waals surface area (Å²) in [6.07, 6.45) is 1.83. The predicted octanol–water partition coefficient (Wildman–Crippen LogP) is 2.99. The zero-order valence-corrected chi connectivity index (χ0v) is 16.3. The van der Waals surface area contributed by atoms with Crippen LogP contribution in [0, 0.1) is 5.92 Å². The smallest absolute Gasteiger partial charge is 0.273 e. The third-order valence-electron chi connectivity index (χ3n) is 5.21. The van der Waals surface area contributed by atoms with Crippen molar-refractivity contribution >= 4 is 34.1 Å². The summed E-state index contributed by atoms with van der Waals surface area (Å²) >= 11 is 1.24. The average Bonchev–Trinajstić information content (AvgIpc) is 3.15. The number of thiazole rings is 1. The highest BCUT2D eigenvalue weighted by atomic mass is 32.1. The fourth-order valence-electron chi connectivity index (χ4n) is 3.78. The first-order valence-corrected chi connectivity index (χ1v) is 10.2. The molecule has 0 saturated carbocycles. The van der Waals surface area contributed by atoms with Crippen LogP contribution in [0.4, 0.5) is 5.13 Å². The number of benzene rings is 1. The van der Waals surface area contributed by atoms with Crippen LogP contribution in [0.5, 0.6) is 5.75 Å². The molecule has 0 bridgehead atoms. The Morgan fingerprint density at radius 3 is 2.75 bits per heavy atom. The van der Waals surface area contributed by atoms with E-state index in [0.29, 0.717) is 41.6 Å². The Bertz CT molecular complexity index is 918. The van der Waals surface area contributed by atoms with Crippen molar-refractivity contribution in [2.75, 3.05) is 18.4 Å². The Balaban J connectivity index is 1.36. The van der Waals surface area contributed by atoms with Gasteiger partial charge in [0.1, 0.15) is 17.5 Å². The number of para-hydroxylation sites is 1. The van der Waals surface area contributed by atoms with Crippen LogP contribution in [0.3, 0.4) is 0 Å². The summed E-state index contributed by atoms with van der Waals surface area (Å²) in [6, 6.07) is 7.37. The highest BCUT2D eigenvalue weighted by Gasteiger charge is 2.35. The van der Waals surface area contributed by atoms with E-state index in [1.807, 2.05) is 18.2 Å². The van der Waals surface area contributed by atoms with Crippen LogP contribution in [0.25, 0.3) is 0 Å². The van der Waals surface area contributed by atoms with Crippen molar-refractivity contribution in [2.45, 2.75) is 32.3 Å². The van der Waals surface area contributed by atoms with Gasteiger partial charge in [-0.1, -0.05) is 12.1 Å². The van der Waals surface area contributed by atoms with Crippen LogP contribution >= 0.6 is 11.3 Å². The minimum Gasteiger partial charge on any atom is -0.489 e. The summed E-state index contributed by atoms with van der Waals surface area (Å²) in [5, 5.41) is 4.69. The zero-order valence-electron chi connectivity index (χ0n) is 15.5. The molecule has 1 N–H and O–H groups in total. The number of amides is 2. The molecule has 0 spiro atoms. The first-order valence-electron chi connectivity index (χ1n) is 9.32. The molecule has 4 rings (SSSR count). The Morgan fingerprint density at radius 2 is 2.00 bits per heavy atom. The number of likely N-dealkylation sites (tertiary alicyclic amines) is 1. The van der Waals surface area contributed by atoms with E-state index < -0.39 is 0 Å². The van der Waals surface area contributed by atoms with E-state index in [1.54, 1.807) is 16.3 Å². The Kier molecular flexibility index (Phi) is 5.13. The Labute approximate surface area is 166 Å². The number of hydrogen-bond acceptors (Lipinski definition) is 6. The molecule has 8 heteroatoms. The molecule has 7 nitrogen and oxygen atoms in total. The van der Waals surface area contributed by atoms with Gasteiger partial charge in [-0.2, -0.15) is 0 Å². The van der Waals surface area contributed by atoms with E-state index in [1.165, 1.54) is 18.3 Å². The van der Waals surface area contributed by atoms with E-state index >= 15 is 0 Å². The lowest BCUT2D eigenvalue weighted by molar-refractivity contribution is -0.114. The zero-order chi connectivity index (χ0) is 19.7. The van der Waals surface area contributed by atoms with E-state index in [4.69, 9.17) is 4.74 Å². The summed E-state index contributed by atoms with van der Waals surface area (Å²) in [4.78, 5) is 42.1. The van der Waals surface area contributed by atoms with E-state index in [2.05, 4.69) is 10.3 Å². The lowest BCUT2D eigenvalue weighted by atomic mass is 9.86. The van der Waals surface area contributed by atoms with Gasteiger partial charge in [0.05, 0.1) is 5.56 Å². The Morgan fingerprint density at radius 1 is 1.25 bits per heavy atom. The minimum absolute atomic E-state index is 0.123. The average molecular weight is 399 g/mol.